The molecular weight excluding hydrogens is 264 g/mol. The summed E-state index contributed by atoms with van der Waals surface area (Å²) in [5, 5.41) is 12.2. The second-order valence-corrected chi connectivity index (χ2v) is 5.51. The number of rotatable bonds is 4. The average molecular weight is 284 g/mol. The van der Waals surface area contributed by atoms with Crippen molar-refractivity contribution in [1.82, 2.24) is 20.1 Å². The Bertz CT molecular complexity index is 860. The summed E-state index contributed by atoms with van der Waals surface area (Å²) in [5.74, 6) is 0. The van der Waals surface area contributed by atoms with E-state index in [9.17, 15) is 4.79 Å². The van der Waals surface area contributed by atoms with Crippen molar-refractivity contribution in [2.24, 2.45) is 0 Å². The fourth-order valence-corrected chi connectivity index (χ4v) is 2.84. The van der Waals surface area contributed by atoms with Crippen LogP contribution in [0.3, 0.4) is 0 Å². The van der Waals surface area contributed by atoms with E-state index in [4.69, 9.17) is 0 Å². The molecule has 2 heterocycles. The van der Waals surface area contributed by atoms with Crippen LogP contribution in [0.25, 0.3) is 21.8 Å². The van der Waals surface area contributed by atoms with Crippen LogP contribution in [0.5, 0.6) is 0 Å². The molecule has 2 N–H and O–H groups in total. The van der Waals surface area contributed by atoms with Gasteiger partial charge in [-0.15, -0.1) is 0 Å². The zero-order valence-corrected chi connectivity index (χ0v) is 12.7. The molecule has 1 aromatic carbocycles. The Balaban J connectivity index is 2.34. The first-order chi connectivity index (χ1) is 10.1. The van der Waals surface area contributed by atoms with Crippen molar-refractivity contribution < 1.29 is 0 Å². The minimum Gasteiger partial charge on any atom is -0.320 e. The Morgan fingerprint density at radius 1 is 1.33 bits per heavy atom. The highest BCUT2D eigenvalue weighted by molar-refractivity contribution is 6.04. The number of hydrogen-bond acceptors (Lipinski definition) is 3. The largest absolute Gasteiger partial charge is 0.320 e. The summed E-state index contributed by atoms with van der Waals surface area (Å²) in [6.45, 7) is 5.56. The van der Waals surface area contributed by atoms with Crippen LogP contribution in [0.2, 0.25) is 0 Å². The number of aromatic amines is 1. The van der Waals surface area contributed by atoms with Crippen molar-refractivity contribution in [3.8, 4) is 0 Å². The fraction of sp³-hybridized carbons (Fsp3) is 0.375. The summed E-state index contributed by atoms with van der Waals surface area (Å²) in [6.07, 6.45) is 0.918. The van der Waals surface area contributed by atoms with Gasteiger partial charge in [0.25, 0.3) is 5.56 Å². The van der Waals surface area contributed by atoms with Crippen molar-refractivity contribution in [1.29, 1.82) is 0 Å². The number of hydrogen-bond donors (Lipinski definition) is 2. The second kappa shape index (κ2) is 5.33. The Morgan fingerprint density at radius 3 is 2.90 bits per heavy atom. The van der Waals surface area contributed by atoms with Gasteiger partial charge in [0.1, 0.15) is 5.52 Å². The van der Waals surface area contributed by atoms with Crippen molar-refractivity contribution >= 4 is 21.8 Å². The number of aromatic nitrogens is 3. The molecule has 0 saturated heterocycles. The van der Waals surface area contributed by atoms with E-state index in [-0.39, 0.29) is 5.56 Å². The van der Waals surface area contributed by atoms with E-state index in [1.54, 1.807) is 0 Å². The minimum absolute atomic E-state index is 0.0451. The molecule has 0 aliphatic rings. The van der Waals surface area contributed by atoms with Crippen LogP contribution in [0, 0.1) is 13.8 Å². The molecule has 3 aromatic rings. The molecule has 0 saturated carbocycles. The van der Waals surface area contributed by atoms with Gasteiger partial charge in [-0.1, -0.05) is 11.6 Å². The lowest BCUT2D eigenvalue weighted by Gasteiger charge is -2.11. The molecule has 0 radical (unpaired) electrons. The van der Waals surface area contributed by atoms with E-state index in [0.29, 0.717) is 11.9 Å². The number of nitrogens with one attached hydrogen (secondary N) is 2. The molecule has 3 rings (SSSR count). The van der Waals surface area contributed by atoms with E-state index in [1.807, 2.05) is 30.7 Å². The van der Waals surface area contributed by atoms with E-state index >= 15 is 0 Å². The van der Waals surface area contributed by atoms with Gasteiger partial charge in [-0.25, -0.2) is 0 Å². The second-order valence-electron chi connectivity index (χ2n) is 5.51. The molecule has 0 spiro atoms. The molecule has 2 aromatic heterocycles. The number of pyridine rings is 1. The monoisotopic (exact) mass is 284 g/mol. The number of benzene rings is 1. The smallest absolute Gasteiger partial charge is 0.262 e. The van der Waals surface area contributed by atoms with Gasteiger partial charge in [-0.2, -0.15) is 5.10 Å². The Labute approximate surface area is 123 Å². The Kier molecular flexibility index (Phi) is 3.51. The van der Waals surface area contributed by atoms with E-state index in [1.165, 1.54) is 5.56 Å². The predicted octanol–water partition coefficient (Wildman–Crippen LogP) is 2.10. The molecular formula is C16H20N4O. The molecule has 0 aliphatic heterocycles. The van der Waals surface area contributed by atoms with Crippen molar-refractivity contribution in [2.45, 2.75) is 26.8 Å². The number of H-pyrrole nitrogens is 1. The summed E-state index contributed by atoms with van der Waals surface area (Å²) in [4.78, 5) is 12.8. The molecule has 5 nitrogen and oxygen atoms in total. The highest BCUT2D eigenvalue weighted by atomic mass is 16.1. The van der Waals surface area contributed by atoms with Gasteiger partial charge >= 0.3 is 0 Å². The third-order valence-corrected chi connectivity index (χ3v) is 3.91. The first kappa shape index (κ1) is 13.8. The summed E-state index contributed by atoms with van der Waals surface area (Å²) in [6, 6.07) is 6.17. The first-order valence-electron chi connectivity index (χ1n) is 7.26. The molecule has 0 unspecified atom stereocenters. The van der Waals surface area contributed by atoms with Crippen LogP contribution in [0.4, 0.5) is 0 Å². The molecule has 0 bridgehead atoms. The molecule has 0 fully saturated rings. The summed E-state index contributed by atoms with van der Waals surface area (Å²) < 4.78 is 1.87. The van der Waals surface area contributed by atoms with Gasteiger partial charge in [0.05, 0.1) is 10.9 Å². The van der Waals surface area contributed by atoms with Gasteiger partial charge < -0.3 is 9.88 Å². The fourth-order valence-electron chi connectivity index (χ4n) is 2.84. The normalized spacial score (nSPS) is 11.6. The van der Waals surface area contributed by atoms with Crippen LogP contribution in [0.1, 0.15) is 17.7 Å². The molecule has 0 amide bonds. The zero-order chi connectivity index (χ0) is 15.0. The van der Waals surface area contributed by atoms with Crippen molar-refractivity contribution in [3.05, 3.63) is 39.8 Å². The highest BCUT2D eigenvalue weighted by Crippen LogP contribution is 2.23. The van der Waals surface area contributed by atoms with Crippen LogP contribution in [-0.2, 0) is 6.54 Å². The third kappa shape index (κ3) is 2.23. The Morgan fingerprint density at radius 2 is 2.14 bits per heavy atom. The standard InChI is InChI=1S/C16H20N4O/c1-10-5-6-13-12(9-10)15-14(11(2)18-19-15)16(21)20(13)8-4-7-17-3/h5-6,9,17H,4,7-8H2,1-3H3,(H,18,19). The lowest BCUT2D eigenvalue weighted by molar-refractivity contribution is 0.615. The number of aryl methyl sites for hydroxylation is 3. The van der Waals surface area contributed by atoms with Crippen molar-refractivity contribution in [3.63, 3.8) is 0 Å². The van der Waals surface area contributed by atoms with Crippen LogP contribution in [0.15, 0.2) is 23.0 Å². The van der Waals surface area contributed by atoms with E-state index in [2.05, 4.69) is 28.5 Å². The Hall–Kier alpha value is -2.14. The number of nitrogens with zero attached hydrogens (tertiary/aromatic N) is 2. The highest BCUT2D eigenvalue weighted by Gasteiger charge is 2.15. The van der Waals surface area contributed by atoms with Crippen LogP contribution in [-0.4, -0.2) is 28.4 Å². The molecule has 0 atom stereocenters. The maximum atomic E-state index is 12.8. The third-order valence-electron chi connectivity index (χ3n) is 3.91. The molecule has 0 aliphatic carbocycles. The average Bonchev–Trinajstić information content (AvgIpc) is 2.85. The van der Waals surface area contributed by atoms with Gasteiger partial charge in [-0.05, 0) is 46.0 Å². The molecule has 21 heavy (non-hydrogen) atoms. The van der Waals surface area contributed by atoms with E-state index < -0.39 is 0 Å². The topological polar surface area (TPSA) is 62.7 Å². The van der Waals surface area contributed by atoms with Crippen molar-refractivity contribution in [2.75, 3.05) is 13.6 Å². The van der Waals surface area contributed by atoms with Gasteiger partial charge in [0, 0.05) is 17.6 Å². The predicted molar refractivity (Wildman–Crippen MR) is 85.9 cm³/mol. The van der Waals surface area contributed by atoms with Crippen LogP contribution < -0.4 is 10.9 Å². The maximum Gasteiger partial charge on any atom is 0.262 e. The molecule has 110 valence electrons. The molecule has 5 heteroatoms. The minimum atomic E-state index is 0.0451. The van der Waals surface area contributed by atoms with Gasteiger partial charge in [0.15, 0.2) is 0 Å². The lowest BCUT2D eigenvalue weighted by Crippen LogP contribution is -2.23. The summed E-state index contributed by atoms with van der Waals surface area (Å²) in [5.41, 5.74) is 3.79. The van der Waals surface area contributed by atoms with Crippen LogP contribution >= 0.6 is 0 Å². The zero-order valence-electron chi connectivity index (χ0n) is 12.7. The lowest BCUT2D eigenvalue weighted by atomic mass is 10.1. The van der Waals surface area contributed by atoms with E-state index in [0.717, 1.165) is 35.1 Å². The SMILES string of the molecule is CNCCCn1c(=O)c2c(C)[nH]nc2c2cc(C)ccc21. The van der Waals surface area contributed by atoms with Gasteiger partial charge in [0.2, 0.25) is 0 Å². The number of fused-ring (bicyclic) bond motifs is 3. The summed E-state index contributed by atoms with van der Waals surface area (Å²) in [7, 11) is 1.92. The summed E-state index contributed by atoms with van der Waals surface area (Å²) >= 11 is 0. The first-order valence-corrected chi connectivity index (χ1v) is 7.26. The van der Waals surface area contributed by atoms with Gasteiger partial charge in [-0.3, -0.25) is 9.89 Å². The quantitative estimate of drug-likeness (QED) is 0.721. The maximum absolute atomic E-state index is 12.8.